The molecule has 78 valence electrons. The maximum atomic E-state index is 13.1. The lowest BCUT2D eigenvalue weighted by molar-refractivity contribution is 0.0218. The van der Waals surface area contributed by atoms with Gasteiger partial charge in [-0.2, -0.15) is 0 Å². The lowest BCUT2D eigenvalue weighted by atomic mass is 10.0. The third-order valence-corrected chi connectivity index (χ3v) is 1.91. The number of rotatable bonds is 3. The van der Waals surface area contributed by atoms with Gasteiger partial charge in [0.1, 0.15) is 6.10 Å². The predicted octanol–water partition coefficient (Wildman–Crippen LogP) is 0.318. The molecule has 0 bridgehead atoms. The summed E-state index contributed by atoms with van der Waals surface area (Å²) in [5, 5.41) is 18.5. The number of nitrogens with two attached hydrogens (primary N) is 1. The Balaban J connectivity index is 3.01. The Hall–Kier alpha value is -1.04. The average molecular weight is 203 g/mol. The molecule has 0 aliphatic heterocycles. The van der Waals surface area contributed by atoms with Crippen LogP contribution >= 0.6 is 0 Å². The Morgan fingerprint density at radius 3 is 2.50 bits per heavy atom. The molecule has 0 radical (unpaired) electrons. The first-order valence-electron chi connectivity index (χ1n) is 4.08. The summed E-state index contributed by atoms with van der Waals surface area (Å²) in [5.41, 5.74) is 4.78. The van der Waals surface area contributed by atoms with E-state index in [0.29, 0.717) is 0 Å². The van der Waals surface area contributed by atoms with Crippen molar-refractivity contribution in [1.29, 1.82) is 0 Å². The van der Waals surface area contributed by atoms with E-state index in [1.54, 1.807) is 0 Å². The van der Waals surface area contributed by atoms with Crippen molar-refractivity contribution in [3.8, 4) is 0 Å². The fourth-order valence-electron chi connectivity index (χ4n) is 1.09. The van der Waals surface area contributed by atoms with Crippen LogP contribution in [0.1, 0.15) is 11.7 Å². The number of aliphatic hydroxyl groups excluding tert-OH is 2. The van der Waals surface area contributed by atoms with E-state index >= 15 is 0 Å². The van der Waals surface area contributed by atoms with Crippen molar-refractivity contribution >= 4 is 0 Å². The summed E-state index contributed by atoms with van der Waals surface area (Å²) in [4.78, 5) is 0. The smallest absolute Gasteiger partial charge is 0.164 e. The largest absolute Gasteiger partial charge is 0.389 e. The van der Waals surface area contributed by atoms with Crippen molar-refractivity contribution in [2.75, 3.05) is 6.54 Å². The van der Waals surface area contributed by atoms with Crippen LogP contribution in [0.3, 0.4) is 0 Å². The maximum Gasteiger partial charge on any atom is 0.164 e. The van der Waals surface area contributed by atoms with Crippen molar-refractivity contribution in [3.05, 3.63) is 35.4 Å². The molecule has 0 amide bonds. The van der Waals surface area contributed by atoms with E-state index in [9.17, 15) is 13.9 Å². The van der Waals surface area contributed by atoms with Crippen LogP contribution < -0.4 is 5.73 Å². The number of aliphatic hydroxyl groups is 2. The molecule has 0 aromatic heterocycles. The van der Waals surface area contributed by atoms with Gasteiger partial charge in [0.15, 0.2) is 11.6 Å². The van der Waals surface area contributed by atoms with E-state index < -0.39 is 23.8 Å². The van der Waals surface area contributed by atoms with Gasteiger partial charge in [0, 0.05) is 12.1 Å². The fourth-order valence-corrected chi connectivity index (χ4v) is 1.09. The zero-order valence-corrected chi connectivity index (χ0v) is 7.32. The van der Waals surface area contributed by atoms with Gasteiger partial charge in [-0.05, 0) is 6.07 Å². The highest BCUT2D eigenvalue weighted by atomic mass is 19.2. The Bertz CT molecular complexity index is 320. The van der Waals surface area contributed by atoms with E-state index in [-0.39, 0.29) is 12.1 Å². The second-order valence-electron chi connectivity index (χ2n) is 2.89. The molecular formula is C9H11F2NO2. The zero-order chi connectivity index (χ0) is 10.7. The van der Waals surface area contributed by atoms with Crippen LogP contribution in [0, 0.1) is 11.6 Å². The molecule has 2 atom stereocenters. The van der Waals surface area contributed by atoms with Crippen molar-refractivity contribution < 1.29 is 19.0 Å². The van der Waals surface area contributed by atoms with Gasteiger partial charge in [-0.25, -0.2) is 8.78 Å². The Morgan fingerprint density at radius 1 is 1.29 bits per heavy atom. The number of benzene rings is 1. The third kappa shape index (κ3) is 2.06. The Kier molecular flexibility index (Phi) is 3.51. The third-order valence-electron chi connectivity index (χ3n) is 1.91. The number of hydrogen-bond donors (Lipinski definition) is 3. The highest BCUT2D eigenvalue weighted by Gasteiger charge is 2.21. The van der Waals surface area contributed by atoms with Crippen LogP contribution in [0.4, 0.5) is 8.78 Å². The molecule has 3 nitrogen and oxygen atoms in total. The van der Waals surface area contributed by atoms with Crippen molar-refractivity contribution in [2.45, 2.75) is 12.2 Å². The van der Waals surface area contributed by atoms with Crippen molar-refractivity contribution in [2.24, 2.45) is 5.73 Å². The molecule has 1 aromatic carbocycles. The summed E-state index contributed by atoms with van der Waals surface area (Å²) in [5.74, 6) is -2.22. The summed E-state index contributed by atoms with van der Waals surface area (Å²) in [6, 6.07) is 3.38. The molecular weight excluding hydrogens is 192 g/mol. The molecule has 0 saturated heterocycles. The first kappa shape index (κ1) is 11.0. The number of halogens is 2. The summed E-state index contributed by atoms with van der Waals surface area (Å²) < 4.78 is 25.8. The molecule has 1 rings (SSSR count). The van der Waals surface area contributed by atoms with Crippen molar-refractivity contribution in [3.63, 3.8) is 0 Å². The second kappa shape index (κ2) is 4.45. The molecule has 2 unspecified atom stereocenters. The van der Waals surface area contributed by atoms with Gasteiger partial charge in [-0.1, -0.05) is 12.1 Å². The van der Waals surface area contributed by atoms with Crippen LogP contribution in [-0.2, 0) is 0 Å². The van der Waals surface area contributed by atoms with Crippen LogP contribution in [0.5, 0.6) is 0 Å². The minimum absolute atomic E-state index is 0.225. The highest BCUT2D eigenvalue weighted by Crippen LogP contribution is 2.21. The molecule has 1 aromatic rings. The molecule has 0 heterocycles. The standard InChI is InChI=1S/C9H11F2NO2/c10-6-3-1-2-5(8(6)11)9(14)7(13)4-12/h1-3,7,9,13-14H,4,12H2. The molecule has 4 N–H and O–H groups in total. The summed E-state index contributed by atoms with van der Waals surface area (Å²) in [7, 11) is 0. The maximum absolute atomic E-state index is 13.1. The SMILES string of the molecule is NCC(O)C(O)c1cccc(F)c1F. The monoisotopic (exact) mass is 203 g/mol. The quantitative estimate of drug-likeness (QED) is 0.662. The minimum atomic E-state index is -1.50. The van der Waals surface area contributed by atoms with E-state index in [1.165, 1.54) is 12.1 Å². The van der Waals surface area contributed by atoms with Crippen LogP contribution in [-0.4, -0.2) is 22.9 Å². The van der Waals surface area contributed by atoms with Gasteiger partial charge in [0.25, 0.3) is 0 Å². The zero-order valence-electron chi connectivity index (χ0n) is 7.32. The number of hydrogen-bond acceptors (Lipinski definition) is 3. The van der Waals surface area contributed by atoms with Crippen LogP contribution in [0.2, 0.25) is 0 Å². The van der Waals surface area contributed by atoms with Gasteiger partial charge in [0.05, 0.1) is 6.10 Å². The van der Waals surface area contributed by atoms with Crippen LogP contribution in [0.25, 0.3) is 0 Å². The lowest BCUT2D eigenvalue weighted by Crippen LogP contribution is -2.27. The molecule has 5 heteroatoms. The highest BCUT2D eigenvalue weighted by molar-refractivity contribution is 5.22. The van der Waals surface area contributed by atoms with E-state index in [2.05, 4.69) is 0 Å². The summed E-state index contributed by atoms with van der Waals surface area (Å²) in [6.07, 6.45) is -2.80. The predicted molar refractivity (Wildman–Crippen MR) is 46.4 cm³/mol. The average Bonchev–Trinajstić information content (AvgIpc) is 2.20. The molecule has 0 aliphatic carbocycles. The fraction of sp³-hybridized carbons (Fsp3) is 0.333. The summed E-state index contributed by atoms with van der Waals surface area (Å²) >= 11 is 0. The molecule has 14 heavy (non-hydrogen) atoms. The van der Waals surface area contributed by atoms with Gasteiger partial charge >= 0.3 is 0 Å². The van der Waals surface area contributed by atoms with Gasteiger partial charge in [0.2, 0.25) is 0 Å². The minimum Gasteiger partial charge on any atom is -0.389 e. The molecule has 0 spiro atoms. The molecule has 0 saturated carbocycles. The van der Waals surface area contributed by atoms with E-state index in [1.807, 2.05) is 0 Å². The van der Waals surface area contributed by atoms with E-state index in [0.717, 1.165) is 6.07 Å². The van der Waals surface area contributed by atoms with Gasteiger partial charge in [-0.15, -0.1) is 0 Å². The van der Waals surface area contributed by atoms with Crippen molar-refractivity contribution in [1.82, 2.24) is 0 Å². The summed E-state index contributed by atoms with van der Waals surface area (Å²) in [6.45, 7) is -0.225. The van der Waals surface area contributed by atoms with Gasteiger partial charge in [-0.3, -0.25) is 0 Å². The Labute approximate surface area is 79.8 Å². The van der Waals surface area contributed by atoms with Gasteiger partial charge < -0.3 is 15.9 Å². The molecule has 0 fully saturated rings. The topological polar surface area (TPSA) is 66.5 Å². The molecule has 0 aliphatic rings. The van der Waals surface area contributed by atoms with Crippen LogP contribution in [0.15, 0.2) is 18.2 Å². The second-order valence-corrected chi connectivity index (χ2v) is 2.89. The Morgan fingerprint density at radius 2 is 1.93 bits per heavy atom. The van der Waals surface area contributed by atoms with E-state index in [4.69, 9.17) is 10.8 Å². The lowest BCUT2D eigenvalue weighted by Gasteiger charge is -2.16. The first-order chi connectivity index (χ1) is 6.57. The first-order valence-corrected chi connectivity index (χ1v) is 4.08. The normalized spacial score (nSPS) is 15.2.